The number of H-pyrrole nitrogens is 1. The lowest BCUT2D eigenvalue weighted by atomic mass is 9.63. The molecule has 24 heavy (non-hydrogen) atoms. The molecule has 1 aromatic heterocycles. The molecule has 1 amide bonds. The van der Waals surface area contributed by atoms with E-state index in [0.717, 1.165) is 18.8 Å². The molecule has 4 heterocycles. The lowest BCUT2D eigenvalue weighted by Gasteiger charge is -2.61. The van der Waals surface area contributed by atoms with Gasteiger partial charge in [-0.1, -0.05) is 13.8 Å². The van der Waals surface area contributed by atoms with Crippen LogP contribution in [0.2, 0.25) is 0 Å². The third-order valence-electron chi connectivity index (χ3n) is 6.16. The van der Waals surface area contributed by atoms with Crippen molar-refractivity contribution in [2.75, 3.05) is 18.1 Å². The summed E-state index contributed by atoms with van der Waals surface area (Å²) in [5.74, 6) is 3.89. The molecule has 1 spiro atoms. The van der Waals surface area contributed by atoms with Gasteiger partial charge in [-0.05, 0) is 36.7 Å². The summed E-state index contributed by atoms with van der Waals surface area (Å²) in [7, 11) is 0. The van der Waals surface area contributed by atoms with Gasteiger partial charge in [0, 0.05) is 31.0 Å². The SMILES string of the molecule is CC(C)C1N(C(=O)C2CCc3n[nH]c(=O)n3C2)CC12CCSCC2. The molecule has 0 aromatic carbocycles. The van der Waals surface area contributed by atoms with Gasteiger partial charge in [0.15, 0.2) is 0 Å². The number of aromatic amines is 1. The van der Waals surface area contributed by atoms with Crippen LogP contribution >= 0.6 is 11.8 Å². The number of likely N-dealkylation sites (tertiary alicyclic amines) is 1. The molecule has 0 bridgehead atoms. The normalized spacial score (nSPS) is 28.7. The second-order valence-electron chi connectivity index (χ2n) is 7.92. The summed E-state index contributed by atoms with van der Waals surface area (Å²) < 4.78 is 1.64. The first-order valence-electron chi connectivity index (χ1n) is 9.04. The lowest BCUT2D eigenvalue weighted by molar-refractivity contribution is -0.167. The molecule has 1 aromatic rings. The minimum atomic E-state index is -0.188. The van der Waals surface area contributed by atoms with Gasteiger partial charge in [-0.25, -0.2) is 9.89 Å². The van der Waals surface area contributed by atoms with Crippen molar-refractivity contribution in [2.45, 2.75) is 52.1 Å². The van der Waals surface area contributed by atoms with Crippen LogP contribution in [0, 0.1) is 17.3 Å². The highest BCUT2D eigenvalue weighted by molar-refractivity contribution is 7.99. The Balaban J connectivity index is 1.51. The number of carbonyl (C=O) groups is 1. The number of carbonyl (C=O) groups excluding carboxylic acids is 1. The average Bonchev–Trinajstić information content (AvgIpc) is 2.93. The van der Waals surface area contributed by atoms with Crippen LogP contribution in [0.25, 0.3) is 0 Å². The predicted molar refractivity (Wildman–Crippen MR) is 94.0 cm³/mol. The Morgan fingerprint density at radius 3 is 2.83 bits per heavy atom. The summed E-state index contributed by atoms with van der Waals surface area (Å²) in [6.45, 7) is 5.88. The highest BCUT2D eigenvalue weighted by atomic mass is 32.2. The van der Waals surface area contributed by atoms with Crippen LogP contribution in [0.1, 0.15) is 38.9 Å². The van der Waals surface area contributed by atoms with Crippen LogP contribution in [0.3, 0.4) is 0 Å². The fourth-order valence-corrected chi connectivity index (χ4v) is 6.35. The van der Waals surface area contributed by atoms with Gasteiger partial charge in [0.25, 0.3) is 0 Å². The van der Waals surface area contributed by atoms with Crippen molar-refractivity contribution in [2.24, 2.45) is 17.3 Å². The summed E-state index contributed by atoms with van der Waals surface area (Å²) in [5, 5.41) is 6.54. The van der Waals surface area contributed by atoms with Crippen molar-refractivity contribution in [3.8, 4) is 0 Å². The van der Waals surface area contributed by atoms with E-state index >= 15 is 0 Å². The van der Waals surface area contributed by atoms with E-state index < -0.39 is 0 Å². The van der Waals surface area contributed by atoms with Crippen LogP contribution < -0.4 is 5.69 Å². The highest BCUT2D eigenvalue weighted by Gasteiger charge is 2.56. The fraction of sp³-hybridized carbons (Fsp3) is 0.824. The quantitative estimate of drug-likeness (QED) is 0.878. The zero-order valence-electron chi connectivity index (χ0n) is 14.5. The summed E-state index contributed by atoms with van der Waals surface area (Å²) in [5.41, 5.74) is 0.161. The molecule has 4 rings (SSSR count). The van der Waals surface area contributed by atoms with Crippen molar-refractivity contribution in [1.82, 2.24) is 19.7 Å². The van der Waals surface area contributed by atoms with E-state index in [2.05, 4.69) is 28.9 Å². The molecule has 7 heteroatoms. The number of fused-ring (bicyclic) bond motifs is 1. The minimum absolute atomic E-state index is 0.0793. The maximum atomic E-state index is 13.1. The maximum absolute atomic E-state index is 13.1. The molecule has 2 atom stereocenters. The first-order chi connectivity index (χ1) is 11.5. The molecule has 2 saturated heterocycles. The lowest BCUT2D eigenvalue weighted by Crippen LogP contribution is -2.70. The van der Waals surface area contributed by atoms with E-state index in [0.29, 0.717) is 30.3 Å². The molecule has 0 saturated carbocycles. The summed E-state index contributed by atoms with van der Waals surface area (Å²) in [6, 6.07) is 0.369. The number of nitrogens with zero attached hydrogens (tertiary/aromatic N) is 3. The van der Waals surface area contributed by atoms with Gasteiger partial charge in [-0.15, -0.1) is 0 Å². The minimum Gasteiger partial charge on any atom is -0.338 e. The summed E-state index contributed by atoms with van der Waals surface area (Å²) >= 11 is 2.04. The predicted octanol–water partition coefficient (Wildman–Crippen LogP) is 1.51. The molecule has 2 fully saturated rings. The van der Waals surface area contributed by atoms with Crippen molar-refractivity contribution >= 4 is 17.7 Å². The maximum Gasteiger partial charge on any atom is 0.343 e. The highest BCUT2D eigenvalue weighted by Crippen LogP contribution is 2.51. The zero-order valence-corrected chi connectivity index (χ0v) is 15.3. The number of hydrogen-bond acceptors (Lipinski definition) is 4. The van der Waals surface area contributed by atoms with E-state index in [1.54, 1.807) is 4.57 Å². The Morgan fingerprint density at radius 1 is 1.38 bits per heavy atom. The molecule has 1 N–H and O–H groups in total. The van der Waals surface area contributed by atoms with E-state index in [-0.39, 0.29) is 17.5 Å². The number of nitrogens with one attached hydrogen (secondary N) is 1. The van der Waals surface area contributed by atoms with Gasteiger partial charge in [0.05, 0.1) is 5.92 Å². The molecule has 132 valence electrons. The van der Waals surface area contributed by atoms with Crippen molar-refractivity contribution < 1.29 is 4.79 Å². The van der Waals surface area contributed by atoms with Crippen LogP contribution in [-0.2, 0) is 17.8 Å². The van der Waals surface area contributed by atoms with E-state index in [1.165, 1.54) is 24.3 Å². The molecule has 0 radical (unpaired) electrons. The number of rotatable bonds is 2. The number of aryl methyl sites for hydroxylation is 1. The molecular weight excluding hydrogens is 324 g/mol. The van der Waals surface area contributed by atoms with Gasteiger partial charge >= 0.3 is 5.69 Å². The second-order valence-corrected chi connectivity index (χ2v) is 9.15. The molecule has 3 aliphatic heterocycles. The first kappa shape index (κ1) is 16.2. The Bertz CT molecular complexity index is 689. The van der Waals surface area contributed by atoms with Gasteiger partial charge in [-0.2, -0.15) is 16.9 Å². The van der Waals surface area contributed by atoms with Crippen molar-refractivity contribution in [3.05, 3.63) is 16.3 Å². The average molecular weight is 350 g/mol. The first-order valence-corrected chi connectivity index (χ1v) is 10.2. The number of thioether (sulfide) groups is 1. The topological polar surface area (TPSA) is 71.0 Å². The van der Waals surface area contributed by atoms with Crippen LogP contribution in [-0.4, -0.2) is 49.7 Å². The Labute approximate surface area is 146 Å². The fourth-order valence-electron chi connectivity index (χ4n) is 5.04. The van der Waals surface area contributed by atoms with E-state index in [9.17, 15) is 9.59 Å². The van der Waals surface area contributed by atoms with E-state index in [1.807, 2.05) is 11.8 Å². The Hall–Kier alpha value is -1.24. The zero-order chi connectivity index (χ0) is 16.9. The monoisotopic (exact) mass is 350 g/mol. The molecule has 2 unspecified atom stereocenters. The van der Waals surface area contributed by atoms with Gasteiger partial charge in [-0.3, -0.25) is 9.36 Å². The summed E-state index contributed by atoms with van der Waals surface area (Å²) in [4.78, 5) is 27.1. The third kappa shape index (κ3) is 2.43. The Morgan fingerprint density at radius 2 is 2.12 bits per heavy atom. The van der Waals surface area contributed by atoms with Crippen molar-refractivity contribution in [1.29, 1.82) is 0 Å². The van der Waals surface area contributed by atoms with Gasteiger partial charge in [0.1, 0.15) is 5.82 Å². The van der Waals surface area contributed by atoms with Gasteiger partial charge < -0.3 is 4.90 Å². The molecule has 3 aliphatic rings. The molecule has 0 aliphatic carbocycles. The Kier molecular flexibility index (Phi) is 4.01. The van der Waals surface area contributed by atoms with Crippen LogP contribution in [0.4, 0.5) is 0 Å². The van der Waals surface area contributed by atoms with Crippen LogP contribution in [0.5, 0.6) is 0 Å². The third-order valence-corrected chi connectivity index (χ3v) is 7.14. The van der Waals surface area contributed by atoms with Gasteiger partial charge in [0.2, 0.25) is 5.91 Å². The number of aromatic nitrogens is 3. The van der Waals surface area contributed by atoms with Crippen molar-refractivity contribution in [3.63, 3.8) is 0 Å². The molecule has 6 nitrogen and oxygen atoms in total. The number of amides is 1. The largest absolute Gasteiger partial charge is 0.343 e. The smallest absolute Gasteiger partial charge is 0.338 e. The van der Waals surface area contributed by atoms with Crippen LogP contribution in [0.15, 0.2) is 4.79 Å². The van der Waals surface area contributed by atoms with E-state index in [4.69, 9.17) is 0 Å². The summed E-state index contributed by atoms with van der Waals surface area (Å²) in [6.07, 6.45) is 3.98. The second kappa shape index (κ2) is 5.93. The number of hydrogen-bond donors (Lipinski definition) is 1. The standard InChI is InChI=1S/C17H26N4O2S/c1-11(2)14-17(5-7-24-8-6-17)10-21(14)15(22)12-3-4-13-18-19-16(23)20(13)9-12/h11-12,14H,3-10H2,1-2H3,(H,19,23). The molecular formula is C17H26N4O2S.